The van der Waals surface area contributed by atoms with Gasteiger partial charge in [-0.3, -0.25) is 4.79 Å². The van der Waals surface area contributed by atoms with Crippen LogP contribution in [-0.4, -0.2) is 25.7 Å². The molecule has 0 aliphatic rings. The lowest BCUT2D eigenvalue weighted by Gasteiger charge is -2.16. The van der Waals surface area contributed by atoms with Gasteiger partial charge in [-0.2, -0.15) is 0 Å². The van der Waals surface area contributed by atoms with E-state index in [0.29, 0.717) is 35.0 Å². The largest absolute Gasteiger partial charge is 0.494 e. The Bertz CT molecular complexity index is 1050. The van der Waals surface area contributed by atoms with Gasteiger partial charge in [-0.15, -0.1) is 0 Å². The fourth-order valence-corrected chi connectivity index (χ4v) is 2.96. The van der Waals surface area contributed by atoms with Crippen LogP contribution in [0.5, 0.6) is 11.5 Å². The average molecular weight is 419 g/mol. The fourth-order valence-electron chi connectivity index (χ4n) is 2.96. The summed E-state index contributed by atoms with van der Waals surface area (Å²) in [6.45, 7) is 4.33. The molecular formula is C24H25N3O4. The lowest BCUT2D eigenvalue weighted by Crippen LogP contribution is -2.20. The van der Waals surface area contributed by atoms with Gasteiger partial charge in [0.2, 0.25) is 0 Å². The van der Waals surface area contributed by atoms with Crippen LogP contribution in [0.3, 0.4) is 0 Å². The second kappa shape index (κ2) is 10.2. The van der Waals surface area contributed by atoms with E-state index in [4.69, 9.17) is 9.47 Å². The van der Waals surface area contributed by atoms with Gasteiger partial charge in [-0.05, 0) is 61.9 Å². The van der Waals surface area contributed by atoms with Crippen molar-refractivity contribution in [2.75, 3.05) is 29.7 Å². The Morgan fingerprint density at radius 2 is 1.58 bits per heavy atom. The maximum atomic E-state index is 12.5. The van der Waals surface area contributed by atoms with E-state index in [1.165, 1.54) is 7.11 Å². The van der Waals surface area contributed by atoms with Gasteiger partial charge in [0.25, 0.3) is 5.91 Å². The molecule has 3 aromatic carbocycles. The van der Waals surface area contributed by atoms with Crippen LogP contribution in [0.2, 0.25) is 0 Å². The zero-order valence-corrected chi connectivity index (χ0v) is 17.7. The van der Waals surface area contributed by atoms with Crippen molar-refractivity contribution < 1.29 is 19.1 Å². The van der Waals surface area contributed by atoms with E-state index >= 15 is 0 Å². The monoisotopic (exact) mass is 419 g/mol. The minimum absolute atomic E-state index is 0.222. The van der Waals surface area contributed by atoms with Gasteiger partial charge < -0.3 is 25.4 Å². The number of nitrogens with one attached hydrogen (secondary N) is 3. The van der Waals surface area contributed by atoms with Crippen LogP contribution in [-0.2, 0) is 0 Å². The van der Waals surface area contributed by atoms with Crippen LogP contribution in [0.1, 0.15) is 22.8 Å². The van der Waals surface area contributed by atoms with E-state index in [0.717, 1.165) is 11.3 Å². The highest BCUT2D eigenvalue weighted by molar-refractivity contribution is 6.05. The minimum Gasteiger partial charge on any atom is -0.494 e. The maximum Gasteiger partial charge on any atom is 0.323 e. The minimum atomic E-state index is -0.414. The van der Waals surface area contributed by atoms with Crippen LogP contribution in [0.15, 0.2) is 66.7 Å². The second-order valence-electron chi connectivity index (χ2n) is 6.72. The van der Waals surface area contributed by atoms with Crippen molar-refractivity contribution in [2.45, 2.75) is 13.8 Å². The zero-order valence-electron chi connectivity index (χ0n) is 17.7. The number of benzene rings is 3. The molecule has 160 valence electrons. The number of urea groups is 1. The number of hydrogen-bond acceptors (Lipinski definition) is 4. The van der Waals surface area contributed by atoms with E-state index in [-0.39, 0.29) is 5.91 Å². The van der Waals surface area contributed by atoms with Gasteiger partial charge in [0.05, 0.1) is 19.4 Å². The lowest BCUT2D eigenvalue weighted by atomic mass is 10.1. The molecule has 0 aliphatic heterocycles. The number of anilines is 3. The molecule has 0 aliphatic carbocycles. The normalized spacial score (nSPS) is 10.2. The van der Waals surface area contributed by atoms with Crippen LogP contribution in [0.4, 0.5) is 21.9 Å². The molecule has 0 bridgehead atoms. The number of rotatable bonds is 7. The van der Waals surface area contributed by atoms with Gasteiger partial charge >= 0.3 is 6.03 Å². The van der Waals surface area contributed by atoms with Crippen molar-refractivity contribution in [3.63, 3.8) is 0 Å². The quantitative estimate of drug-likeness (QED) is 0.485. The number of amides is 3. The van der Waals surface area contributed by atoms with Gasteiger partial charge in [0.1, 0.15) is 11.5 Å². The van der Waals surface area contributed by atoms with Crippen molar-refractivity contribution in [1.29, 1.82) is 0 Å². The van der Waals surface area contributed by atoms with Crippen molar-refractivity contribution in [3.8, 4) is 11.5 Å². The molecule has 3 rings (SSSR count). The van der Waals surface area contributed by atoms with Crippen molar-refractivity contribution in [2.24, 2.45) is 0 Å². The molecule has 0 saturated carbocycles. The van der Waals surface area contributed by atoms with Gasteiger partial charge in [-0.1, -0.05) is 18.2 Å². The Morgan fingerprint density at radius 3 is 2.23 bits per heavy atom. The number of carbonyl (C=O) groups excluding carboxylic acids is 2. The smallest absolute Gasteiger partial charge is 0.323 e. The van der Waals surface area contributed by atoms with Crippen LogP contribution in [0, 0.1) is 6.92 Å². The highest BCUT2D eigenvalue weighted by Crippen LogP contribution is 2.31. The Morgan fingerprint density at radius 1 is 0.871 bits per heavy atom. The first-order valence-corrected chi connectivity index (χ1v) is 9.86. The highest BCUT2D eigenvalue weighted by atomic mass is 16.5. The standard InChI is InChI=1S/C24H25N3O4/c1-4-31-19-12-10-18(11-13-19)25-24(29)27-21-14-16(2)20(15-22(21)30-3)26-23(28)17-8-6-5-7-9-17/h5-15H,4H2,1-3H3,(H,26,28)(H2,25,27,29). The summed E-state index contributed by atoms with van der Waals surface area (Å²) in [4.78, 5) is 24.9. The third-order valence-corrected chi connectivity index (χ3v) is 4.50. The Kier molecular flexibility index (Phi) is 7.11. The van der Waals surface area contributed by atoms with E-state index in [2.05, 4.69) is 16.0 Å². The van der Waals surface area contributed by atoms with Gasteiger partial charge in [-0.25, -0.2) is 4.79 Å². The second-order valence-corrected chi connectivity index (χ2v) is 6.72. The molecule has 7 heteroatoms. The highest BCUT2D eigenvalue weighted by Gasteiger charge is 2.14. The third-order valence-electron chi connectivity index (χ3n) is 4.50. The van der Waals surface area contributed by atoms with Crippen LogP contribution < -0.4 is 25.4 Å². The molecule has 0 unspecified atom stereocenters. The summed E-state index contributed by atoms with van der Waals surface area (Å²) in [5.74, 6) is 0.939. The summed E-state index contributed by atoms with van der Waals surface area (Å²) in [5, 5.41) is 8.43. The Labute approximate surface area is 181 Å². The summed E-state index contributed by atoms with van der Waals surface area (Å²) in [6.07, 6.45) is 0. The summed E-state index contributed by atoms with van der Waals surface area (Å²) in [5.41, 5.74) is 3.05. The van der Waals surface area contributed by atoms with E-state index in [9.17, 15) is 9.59 Å². The van der Waals surface area contributed by atoms with E-state index in [1.807, 2.05) is 19.9 Å². The summed E-state index contributed by atoms with van der Waals surface area (Å²) in [7, 11) is 1.50. The Hall–Kier alpha value is -4.00. The predicted octanol–water partition coefficient (Wildman–Crippen LogP) is 5.30. The average Bonchev–Trinajstić information content (AvgIpc) is 2.77. The Balaban J connectivity index is 1.70. The summed E-state index contributed by atoms with van der Waals surface area (Å²) >= 11 is 0. The predicted molar refractivity (Wildman–Crippen MR) is 122 cm³/mol. The first kappa shape index (κ1) is 21.7. The van der Waals surface area contributed by atoms with Crippen molar-refractivity contribution in [1.82, 2.24) is 0 Å². The molecular weight excluding hydrogens is 394 g/mol. The molecule has 3 amide bonds. The van der Waals surface area contributed by atoms with Gasteiger partial charge in [0, 0.05) is 23.0 Å². The lowest BCUT2D eigenvalue weighted by molar-refractivity contribution is 0.102. The van der Waals surface area contributed by atoms with Gasteiger partial charge in [0.15, 0.2) is 0 Å². The molecule has 3 aromatic rings. The van der Waals surface area contributed by atoms with Crippen LogP contribution >= 0.6 is 0 Å². The number of methoxy groups -OCH3 is 1. The maximum absolute atomic E-state index is 12.5. The molecule has 0 spiro atoms. The van der Waals surface area contributed by atoms with E-state index < -0.39 is 6.03 Å². The first-order valence-electron chi connectivity index (χ1n) is 9.86. The summed E-state index contributed by atoms with van der Waals surface area (Å²) < 4.78 is 10.8. The molecule has 0 saturated heterocycles. The molecule has 31 heavy (non-hydrogen) atoms. The molecule has 0 atom stereocenters. The number of aryl methyl sites for hydroxylation is 1. The molecule has 3 N–H and O–H groups in total. The van der Waals surface area contributed by atoms with Crippen molar-refractivity contribution >= 4 is 29.0 Å². The van der Waals surface area contributed by atoms with Crippen LogP contribution in [0.25, 0.3) is 0 Å². The molecule has 7 nitrogen and oxygen atoms in total. The first-order chi connectivity index (χ1) is 15.0. The summed E-state index contributed by atoms with van der Waals surface area (Å²) in [6, 6.07) is 19.0. The fraction of sp³-hybridized carbons (Fsp3) is 0.167. The zero-order chi connectivity index (χ0) is 22.2. The topological polar surface area (TPSA) is 88.7 Å². The van der Waals surface area contributed by atoms with E-state index in [1.54, 1.807) is 60.7 Å². The number of hydrogen-bond donors (Lipinski definition) is 3. The third kappa shape index (κ3) is 5.76. The SMILES string of the molecule is CCOc1ccc(NC(=O)Nc2cc(C)c(NC(=O)c3ccccc3)cc2OC)cc1. The molecule has 0 heterocycles. The molecule has 0 fully saturated rings. The molecule has 0 radical (unpaired) electrons. The number of carbonyl (C=O) groups is 2. The number of ether oxygens (including phenoxy) is 2. The molecule has 0 aromatic heterocycles. The van der Waals surface area contributed by atoms with Crippen molar-refractivity contribution in [3.05, 3.63) is 77.9 Å².